The van der Waals surface area contributed by atoms with Gasteiger partial charge in [-0.05, 0) is 37.3 Å². The van der Waals surface area contributed by atoms with Gasteiger partial charge in [0, 0.05) is 5.41 Å². The highest BCUT2D eigenvalue weighted by molar-refractivity contribution is 7.88. The maximum atomic E-state index is 13.2. The van der Waals surface area contributed by atoms with E-state index in [0.29, 0.717) is 17.9 Å². The van der Waals surface area contributed by atoms with Crippen molar-refractivity contribution in [2.75, 3.05) is 0 Å². The molecule has 132 valence electrons. The minimum atomic E-state index is -4.21. The molecule has 1 aromatic carbocycles. The van der Waals surface area contributed by atoms with Crippen molar-refractivity contribution in [1.82, 2.24) is 5.06 Å². The summed E-state index contributed by atoms with van der Waals surface area (Å²) in [7, 11) is -4.21. The van der Waals surface area contributed by atoms with Crippen molar-refractivity contribution in [3.8, 4) is 0 Å². The molecule has 6 nitrogen and oxygen atoms in total. The Morgan fingerprint density at radius 1 is 1.16 bits per heavy atom. The zero-order valence-electron chi connectivity index (χ0n) is 14.1. The number of imide groups is 1. The van der Waals surface area contributed by atoms with Crippen LogP contribution in [-0.2, 0) is 14.4 Å². The second-order valence-electron chi connectivity index (χ2n) is 7.56. The van der Waals surface area contributed by atoms with Crippen LogP contribution in [0, 0.1) is 11.3 Å². The number of allylic oxidation sites excluding steroid dienone is 1. The van der Waals surface area contributed by atoms with E-state index in [9.17, 15) is 18.0 Å². The Hall–Kier alpha value is -1.99. The summed E-state index contributed by atoms with van der Waals surface area (Å²) in [6.45, 7) is 7.76. The van der Waals surface area contributed by atoms with Gasteiger partial charge in [0.15, 0.2) is 0 Å². The summed E-state index contributed by atoms with van der Waals surface area (Å²) in [5.74, 6) is -1.36. The lowest BCUT2D eigenvalue weighted by Crippen LogP contribution is -2.50. The zero-order chi connectivity index (χ0) is 18.2. The largest absolute Gasteiger partial charge is 0.295 e. The van der Waals surface area contributed by atoms with E-state index in [1.165, 1.54) is 12.1 Å². The molecule has 2 unspecified atom stereocenters. The third kappa shape index (κ3) is 1.85. The van der Waals surface area contributed by atoms with Crippen LogP contribution in [0.25, 0.3) is 0 Å². The van der Waals surface area contributed by atoms with E-state index in [2.05, 4.69) is 6.58 Å². The zero-order valence-corrected chi connectivity index (χ0v) is 14.9. The Morgan fingerprint density at radius 2 is 1.72 bits per heavy atom. The lowest BCUT2D eigenvalue weighted by molar-refractivity contribution is -0.0137. The lowest BCUT2D eigenvalue weighted by atomic mass is 9.73. The average Bonchev–Trinajstić information content (AvgIpc) is 3.17. The Balaban J connectivity index is 1.71. The summed E-state index contributed by atoms with van der Waals surface area (Å²) in [4.78, 5) is 24.9. The van der Waals surface area contributed by atoms with Gasteiger partial charge in [-0.15, -0.1) is 9.35 Å². The van der Waals surface area contributed by atoms with Crippen molar-refractivity contribution in [1.29, 1.82) is 0 Å². The third-order valence-electron chi connectivity index (χ3n) is 6.32. The molecule has 2 fully saturated rings. The number of hydrogen-bond acceptors (Lipinski definition) is 5. The van der Waals surface area contributed by atoms with Gasteiger partial charge in [0.05, 0.1) is 11.1 Å². The van der Waals surface area contributed by atoms with Crippen LogP contribution >= 0.6 is 0 Å². The van der Waals surface area contributed by atoms with E-state index < -0.39 is 32.1 Å². The number of benzene rings is 1. The molecule has 2 saturated carbocycles. The first-order chi connectivity index (χ1) is 11.6. The highest BCUT2D eigenvalue weighted by Crippen LogP contribution is 2.64. The molecule has 1 aromatic rings. The smallest absolute Gasteiger partial charge is 0.266 e. The fraction of sp³-hybridized carbons (Fsp3) is 0.444. The SMILES string of the molecule is C=C1C2CCC(S(=O)(=O)ON3C(=O)c4ccccc4C3=O)(C2)C1(C)C. The molecule has 4 rings (SSSR count). The van der Waals surface area contributed by atoms with Crippen LogP contribution in [0.5, 0.6) is 0 Å². The summed E-state index contributed by atoms with van der Waals surface area (Å²) < 4.78 is 30.3. The average molecular weight is 361 g/mol. The first kappa shape index (κ1) is 16.5. The maximum absolute atomic E-state index is 13.2. The van der Waals surface area contributed by atoms with E-state index >= 15 is 0 Å². The van der Waals surface area contributed by atoms with E-state index in [0.717, 1.165) is 12.0 Å². The molecule has 0 radical (unpaired) electrons. The summed E-state index contributed by atoms with van der Waals surface area (Å²) >= 11 is 0. The highest BCUT2D eigenvalue weighted by Gasteiger charge is 2.67. The number of nitrogens with zero attached hydrogens (tertiary/aromatic N) is 1. The maximum Gasteiger partial charge on any atom is 0.295 e. The van der Waals surface area contributed by atoms with Crippen LogP contribution in [0.2, 0.25) is 0 Å². The lowest BCUT2D eigenvalue weighted by Gasteiger charge is -2.41. The molecule has 2 bridgehead atoms. The normalized spacial score (nSPS) is 30.2. The standard InChI is InChI=1S/C18H19NO5S/c1-11-12-8-9-18(10-12,17(11,2)3)25(22,23)24-19-15(20)13-6-4-5-7-14(13)16(19)21/h4-7,12H,1,8-10H2,2-3H3. The molecule has 2 amide bonds. The molecular formula is C18H19NO5S. The second kappa shape index (κ2) is 4.80. The Kier molecular flexibility index (Phi) is 3.16. The van der Waals surface area contributed by atoms with Crippen molar-refractivity contribution in [2.45, 2.75) is 37.9 Å². The molecule has 0 spiro atoms. The highest BCUT2D eigenvalue weighted by atomic mass is 32.2. The first-order valence-corrected chi connectivity index (χ1v) is 9.64. The van der Waals surface area contributed by atoms with Gasteiger partial charge in [0.1, 0.15) is 4.75 Å². The topological polar surface area (TPSA) is 80.8 Å². The van der Waals surface area contributed by atoms with Crippen LogP contribution in [0.4, 0.5) is 0 Å². The van der Waals surface area contributed by atoms with Gasteiger partial charge in [-0.1, -0.05) is 38.1 Å². The summed E-state index contributed by atoms with van der Waals surface area (Å²) in [6.07, 6.45) is 1.59. The number of hydroxylamine groups is 2. The minimum absolute atomic E-state index is 0.135. The number of fused-ring (bicyclic) bond motifs is 3. The van der Waals surface area contributed by atoms with Gasteiger partial charge < -0.3 is 0 Å². The first-order valence-electron chi connectivity index (χ1n) is 8.24. The molecule has 7 heteroatoms. The van der Waals surface area contributed by atoms with Gasteiger partial charge in [0.2, 0.25) is 0 Å². The van der Waals surface area contributed by atoms with E-state index in [1.54, 1.807) is 12.1 Å². The predicted molar refractivity (Wildman–Crippen MR) is 89.9 cm³/mol. The van der Waals surface area contributed by atoms with E-state index in [4.69, 9.17) is 4.28 Å². The van der Waals surface area contributed by atoms with Crippen LogP contribution in [0.3, 0.4) is 0 Å². The molecular weight excluding hydrogens is 342 g/mol. The molecule has 25 heavy (non-hydrogen) atoms. The van der Waals surface area contributed by atoms with Crippen molar-refractivity contribution in [2.24, 2.45) is 11.3 Å². The molecule has 3 aliphatic rings. The van der Waals surface area contributed by atoms with Gasteiger partial charge >= 0.3 is 0 Å². The van der Waals surface area contributed by atoms with Gasteiger partial charge in [-0.25, -0.2) is 0 Å². The van der Waals surface area contributed by atoms with Crippen molar-refractivity contribution < 1.29 is 22.3 Å². The van der Waals surface area contributed by atoms with Crippen molar-refractivity contribution >= 4 is 21.9 Å². The summed E-state index contributed by atoms with van der Waals surface area (Å²) in [5, 5.41) is 0.388. The number of carbonyl (C=O) groups is 2. The van der Waals surface area contributed by atoms with Gasteiger partial charge in [-0.2, -0.15) is 8.42 Å². The Morgan fingerprint density at radius 3 is 2.20 bits per heavy atom. The number of amides is 2. The molecule has 0 N–H and O–H groups in total. The minimum Gasteiger partial charge on any atom is -0.266 e. The molecule has 2 atom stereocenters. The summed E-state index contributed by atoms with van der Waals surface area (Å²) in [6, 6.07) is 6.20. The number of carbonyl (C=O) groups excluding carboxylic acids is 2. The van der Waals surface area contributed by atoms with Gasteiger partial charge in [-0.3, -0.25) is 9.59 Å². The van der Waals surface area contributed by atoms with Crippen LogP contribution < -0.4 is 0 Å². The number of rotatable bonds is 3. The second-order valence-corrected chi connectivity index (χ2v) is 9.40. The van der Waals surface area contributed by atoms with E-state index in [1.807, 2.05) is 13.8 Å². The third-order valence-corrected chi connectivity index (χ3v) is 8.50. The van der Waals surface area contributed by atoms with Crippen molar-refractivity contribution in [3.05, 3.63) is 47.5 Å². The Bertz CT molecular complexity index is 898. The molecule has 1 heterocycles. The monoisotopic (exact) mass is 361 g/mol. The fourth-order valence-corrected chi connectivity index (χ4v) is 6.62. The quantitative estimate of drug-likeness (QED) is 0.611. The van der Waals surface area contributed by atoms with E-state index in [-0.39, 0.29) is 17.0 Å². The van der Waals surface area contributed by atoms with Crippen molar-refractivity contribution in [3.63, 3.8) is 0 Å². The molecule has 2 aliphatic carbocycles. The summed E-state index contributed by atoms with van der Waals surface area (Å²) in [5.41, 5.74) is 0.528. The van der Waals surface area contributed by atoms with Crippen LogP contribution in [0.1, 0.15) is 53.8 Å². The van der Waals surface area contributed by atoms with Gasteiger partial charge in [0.25, 0.3) is 21.9 Å². The molecule has 1 aliphatic heterocycles. The van der Waals surface area contributed by atoms with Crippen LogP contribution in [0.15, 0.2) is 36.4 Å². The fourth-order valence-electron chi connectivity index (χ4n) is 4.62. The molecule has 0 saturated heterocycles. The number of hydrogen-bond donors (Lipinski definition) is 0. The Labute approximate surface area is 146 Å². The predicted octanol–water partition coefficient (Wildman–Crippen LogP) is 2.68. The molecule has 0 aromatic heterocycles. The van der Waals surface area contributed by atoms with Crippen LogP contribution in [-0.4, -0.2) is 30.0 Å².